The lowest BCUT2D eigenvalue weighted by Gasteiger charge is -2.37. The third-order valence-electron chi connectivity index (χ3n) is 5.84. The van der Waals surface area contributed by atoms with E-state index in [1.54, 1.807) is 35.2 Å². The molecule has 0 spiro atoms. The Bertz CT molecular complexity index is 947. The van der Waals surface area contributed by atoms with Gasteiger partial charge in [0, 0.05) is 37.8 Å². The third-order valence-corrected chi connectivity index (χ3v) is 5.84. The number of aryl methyl sites for hydroxylation is 1. The Labute approximate surface area is 189 Å². The number of nitrogens with one attached hydrogen (secondary N) is 1. The van der Waals surface area contributed by atoms with Crippen molar-refractivity contribution in [3.8, 4) is 0 Å². The number of benzene rings is 1. The number of halogens is 1. The molecule has 1 fully saturated rings. The number of urea groups is 1. The number of carbonyl (C=O) groups is 2. The Balaban J connectivity index is 1.76. The summed E-state index contributed by atoms with van der Waals surface area (Å²) in [6, 6.07) is 9.55. The van der Waals surface area contributed by atoms with Gasteiger partial charge in [-0.05, 0) is 69.9 Å². The van der Waals surface area contributed by atoms with Gasteiger partial charge in [0.05, 0.1) is 11.7 Å². The van der Waals surface area contributed by atoms with Crippen molar-refractivity contribution in [2.45, 2.75) is 52.1 Å². The zero-order valence-electron chi connectivity index (χ0n) is 19.6. The summed E-state index contributed by atoms with van der Waals surface area (Å²) >= 11 is 0. The molecule has 1 aliphatic heterocycles. The molecule has 0 saturated carbocycles. The average Bonchev–Trinajstić information content (AvgIpc) is 2.75. The molecular formula is C25H33FN4O2. The zero-order valence-corrected chi connectivity index (χ0v) is 19.6. The molecule has 1 aromatic heterocycles. The monoisotopic (exact) mass is 440 g/mol. The van der Waals surface area contributed by atoms with Crippen molar-refractivity contribution in [1.82, 2.24) is 20.1 Å². The van der Waals surface area contributed by atoms with Crippen molar-refractivity contribution in [1.29, 1.82) is 0 Å². The maximum atomic E-state index is 13.6. The summed E-state index contributed by atoms with van der Waals surface area (Å²) in [5.74, 6) is -0.481. The van der Waals surface area contributed by atoms with E-state index in [4.69, 9.17) is 0 Å². The van der Waals surface area contributed by atoms with Gasteiger partial charge in [-0.15, -0.1) is 0 Å². The van der Waals surface area contributed by atoms with E-state index in [2.05, 4.69) is 10.3 Å². The molecule has 2 heterocycles. The SMILES string of the molecule is Cc1cccnc1C(c1ccc(F)cc1)N(C)C(=O)C1CCN(C(=O)NC(C)(C)C)CC1. The molecule has 7 heteroatoms. The molecule has 1 atom stereocenters. The van der Waals surface area contributed by atoms with Gasteiger partial charge in [-0.2, -0.15) is 0 Å². The number of rotatable bonds is 4. The van der Waals surface area contributed by atoms with E-state index in [0.29, 0.717) is 25.9 Å². The largest absolute Gasteiger partial charge is 0.333 e. The summed E-state index contributed by atoms with van der Waals surface area (Å²) in [4.78, 5) is 34.0. The average molecular weight is 441 g/mol. The summed E-state index contributed by atoms with van der Waals surface area (Å²) < 4.78 is 13.6. The molecule has 172 valence electrons. The van der Waals surface area contributed by atoms with Gasteiger partial charge in [0.2, 0.25) is 5.91 Å². The zero-order chi connectivity index (χ0) is 23.5. The van der Waals surface area contributed by atoms with Gasteiger partial charge < -0.3 is 15.1 Å². The van der Waals surface area contributed by atoms with Gasteiger partial charge in [-0.1, -0.05) is 18.2 Å². The van der Waals surface area contributed by atoms with Crippen LogP contribution in [0, 0.1) is 18.7 Å². The van der Waals surface area contributed by atoms with Crippen LogP contribution in [0.4, 0.5) is 9.18 Å². The quantitative estimate of drug-likeness (QED) is 0.771. The Morgan fingerprint density at radius 1 is 1.16 bits per heavy atom. The molecule has 3 amide bonds. The summed E-state index contributed by atoms with van der Waals surface area (Å²) in [6.07, 6.45) is 2.93. The Morgan fingerprint density at radius 2 is 1.78 bits per heavy atom. The van der Waals surface area contributed by atoms with Crippen molar-refractivity contribution in [2.75, 3.05) is 20.1 Å². The second-order valence-electron chi connectivity index (χ2n) is 9.55. The van der Waals surface area contributed by atoms with E-state index in [0.717, 1.165) is 16.8 Å². The standard InChI is InChI=1S/C25H33FN4O2/c1-17-7-6-14-27-21(17)22(18-8-10-20(26)11-9-18)29(5)23(31)19-12-15-30(16-13-19)24(32)28-25(2,3)4/h6-11,14,19,22H,12-13,15-16H2,1-5H3,(H,28,32). The first-order valence-corrected chi connectivity index (χ1v) is 11.1. The number of aromatic nitrogens is 1. The number of nitrogens with zero attached hydrogens (tertiary/aromatic N) is 3. The topological polar surface area (TPSA) is 65.5 Å². The van der Waals surface area contributed by atoms with E-state index < -0.39 is 6.04 Å². The van der Waals surface area contributed by atoms with Crippen LogP contribution >= 0.6 is 0 Å². The number of likely N-dealkylation sites (tertiary alicyclic amines) is 1. The molecule has 0 aliphatic carbocycles. The molecule has 2 aromatic rings. The molecular weight excluding hydrogens is 407 g/mol. The van der Waals surface area contributed by atoms with Crippen LogP contribution in [0.15, 0.2) is 42.6 Å². The highest BCUT2D eigenvalue weighted by Crippen LogP contribution is 2.31. The number of amides is 3. The fourth-order valence-corrected chi connectivity index (χ4v) is 4.14. The number of carbonyl (C=O) groups excluding carboxylic acids is 2. The second-order valence-corrected chi connectivity index (χ2v) is 9.55. The van der Waals surface area contributed by atoms with Crippen molar-refractivity contribution in [2.24, 2.45) is 5.92 Å². The van der Waals surface area contributed by atoms with Crippen molar-refractivity contribution in [3.05, 3.63) is 65.2 Å². The first-order valence-electron chi connectivity index (χ1n) is 11.1. The van der Waals surface area contributed by atoms with Crippen LogP contribution in [0.3, 0.4) is 0 Å². The predicted octanol–water partition coefficient (Wildman–Crippen LogP) is 4.30. The van der Waals surface area contributed by atoms with E-state index >= 15 is 0 Å². The lowest BCUT2D eigenvalue weighted by Crippen LogP contribution is -2.52. The molecule has 0 bridgehead atoms. The molecule has 6 nitrogen and oxygen atoms in total. The summed E-state index contributed by atoms with van der Waals surface area (Å²) in [6.45, 7) is 8.89. The van der Waals surface area contributed by atoms with Crippen molar-refractivity contribution < 1.29 is 14.0 Å². The number of hydrogen-bond acceptors (Lipinski definition) is 3. The van der Waals surface area contributed by atoms with Gasteiger partial charge in [-0.3, -0.25) is 9.78 Å². The lowest BCUT2D eigenvalue weighted by atomic mass is 9.92. The van der Waals surface area contributed by atoms with E-state index in [1.807, 2.05) is 39.8 Å². The Kier molecular flexibility index (Phi) is 7.16. The first kappa shape index (κ1) is 23.7. The highest BCUT2D eigenvalue weighted by Gasteiger charge is 2.34. The Hall–Kier alpha value is -2.96. The van der Waals surface area contributed by atoms with E-state index in [1.165, 1.54) is 12.1 Å². The minimum Gasteiger partial charge on any atom is -0.333 e. The molecule has 1 unspecified atom stereocenters. The van der Waals surface area contributed by atoms with Crippen molar-refractivity contribution >= 4 is 11.9 Å². The highest BCUT2D eigenvalue weighted by molar-refractivity contribution is 5.80. The number of hydrogen-bond donors (Lipinski definition) is 1. The maximum Gasteiger partial charge on any atom is 0.317 e. The molecule has 32 heavy (non-hydrogen) atoms. The molecule has 1 saturated heterocycles. The van der Waals surface area contributed by atoms with Crippen molar-refractivity contribution in [3.63, 3.8) is 0 Å². The molecule has 1 aliphatic rings. The minimum atomic E-state index is -0.411. The fraction of sp³-hybridized carbons (Fsp3) is 0.480. The second kappa shape index (κ2) is 9.67. The normalized spacial score (nSPS) is 15.9. The Morgan fingerprint density at radius 3 is 2.34 bits per heavy atom. The highest BCUT2D eigenvalue weighted by atomic mass is 19.1. The van der Waals surface area contributed by atoms with Gasteiger partial charge >= 0.3 is 6.03 Å². The first-order chi connectivity index (χ1) is 15.1. The van der Waals surface area contributed by atoms with Crippen LogP contribution in [-0.2, 0) is 4.79 Å². The van der Waals surface area contributed by atoms with Crippen LogP contribution in [-0.4, -0.2) is 52.4 Å². The van der Waals surface area contributed by atoms with E-state index in [-0.39, 0.29) is 29.2 Å². The fourth-order valence-electron chi connectivity index (χ4n) is 4.14. The summed E-state index contributed by atoms with van der Waals surface area (Å²) in [5.41, 5.74) is 2.26. The molecule has 3 rings (SSSR count). The predicted molar refractivity (Wildman–Crippen MR) is 123 cm³/mol. The summed E-state index contributed by atoms with van der Waals surface area (Å²) in [5, 5.41) is 2.98. The van der Waals surface area contributed by atoms with Gasteiger partial charge in [0.25, 0.3) is 0 Å². The summed E-state index contributed by atoms with van der Waals surface area (Å²) in [7, 11) is 1.78. The number of piperidine rings is 1. The van der Waals surface area contributed by atoms with Crippen LogP contribution in [0.1, 0.15) is 56.5 Å². The molecule has 1 N–H and O–H groups in total. The van der Waals surface area contributed by atoms with Gasteiger partial charge in [0.15, 0.2) is 0 Å². The van der Waals surface area contributed by atoms with E-state index in [9.17, 15) is 14.0 Å². The van der Waals surface area contributed by atoms with Crippen LogP contribution < -0.4 is 5.32 Å². The third kappa shape index (κ3) is 5.64. The van der Waals surface area contributed by atoms with Gasteiger partial charge in [0.1, 0.15) is 5.82 Å². The molecule has 0 radical (unpaired) electrons. The van der Waals surface area contributed by atoms with Crippen LogP contribution in [0.5, 0.6) is 0 Å². The smallest absolute Gasteiger partial charge is 0.317 e. The van der Waals surface area contributed by atoms with Gasteiger partial charge in [-0.25, -0.2) is 9.18 Å². The maximum absolute atomic E-state index is 13.6. The lowest BCUT2D eigenvalue weighted by molar-refractivity contribution is -0.137. The van der Waals surface area contributed by atoms with Crippen LogP contribution in [0.25, 0.3) is 0 Å². The molecule has 1 aromatic carbocycles. The minimum absolute atomic E-state index is 0.0141. The van der Waals surface area contributed by atoms with Crippen LogP contribution in [0.2, 0.25) is 0 Å². The number of pyridine rings is 1.